The molecule has 0 unspecified atom stereocenters. The number of guanidine groups is 1. The first-order valence-electron chi connectivity index (χ1n) is 7.01. The fourth-order valence-electron chi connectivity index (χ4n) is 1.99. The van der Waals surface area contributed by atoms with Crippen LogP contribution in [0, 0.1) is 0 Å². The highest BCUT2D eigenvalue weighted by Crippen LogP contribution is 2.23. The van der Waals surface area contributed by atoms with Crippen LogP contribution in [0.1, 0.15) is 18.2 Å². The van der Waals surface area contributed by atoms with Gasteiger partial charge in [0.05, 0.1) is 22.3 Å². The lowest BCUT2D eigenvalue weighted by atomic mass is 10.2. The first-order chi connectivity index (χ1) is 10.6. The Bertz CT molecular complexity index is 625. The van der Waals surface area contributed by atoms with Gasteiger partial charge in [-0.1, -0.05) is 29.3 Å². The van der Waals surface area contributed by atoms with Gasteiger partial charge in [0.15, 0.2) is 5.96 Å². The van der Waals surface area contributed by atoms with Crippen LogP contribution in [0.5, 0.6) is 0 Å². The SMILES string of the molecule is CCNC(=NCc1ccn[nH]1)N(C)Cc1ccc(Cl)c(Cl)c1. The van der Waals surface area contributed by atoms with Gasteiger partial charge in [-0.05, 0) is 30.7 Å². The van der Waals surface area contributed by atoms with Crippen molar-refractivity contribution in [2.45, 2.75) is 20.0 Å². The molecule has 1 aromatic carbocycles. The van der Waals surface area contributed by atoms with Gasteiger partial charge in [-0.2, -0.15) is 5.10 Å². The molecule has 22 heavy (non-hydrogen) atoms. The van der Waals surface area contributed by atoms with Gasteiger partial charge in [0, 0.05) is 26.3 Å². The van der Waals surface area contributed by atoms with Gasteiger partial charge < -0.3 is 10.2 Å². The van der Waals surface area contributed by atoms with E-state index in [-0.39, 0.29) is 0 Å². The van der Waals surface area contributed by atoms with Crippen LogP contribution in [0.25, 0.3) is 0 Å². The zero-order valence-electron chi connectivity index (χ0n) is 12.6. The van der Waals surface area contributed by atoms with Crippen LogP contribution >= 0.6 is 23.2 Å². The normalized spacial score (nSPS) is 11.5. The summed E-state index contributed by atoms with van der Waals surface area (Å²) >= 11 is 12.0. The molecule has 2 aromatic rings. The molecule has 0 amide bonds. The van der Waals surface area contributed by atoms with Crippen molar-refractivity contribution in [3.8, 4) is 0 Å². The summed E-state index contributed by atoms with van der Waals surface area (Å²) in [5, 5.41) is 11.2. The average Bonchev–Trinajstić information content (AvgIpc) is 3.00. The number of aromatic amines is 1. The molecule has 0 saturated heterocycles. The summed E-state index contributed by atoms with van der Waals surface area (Å²) < 4.78 is 0. The van der Waals surface area contributed by atoms with Crippen LogP contribution in [-0.2, 0) is 13.1 Å². The third kappa shape index (κ3) is 4.64. The number of hydrogen-bond donors (Lipinski definition) is 2. The van der Waals surface area contributed by atoms with E-state index >= 15 is 0 Å². The minimum Gasteiger partial charge on any atom is -0.357 e. The van der Waals surface area contributed by atoms with E-state index in [9.17, 15) is 0 Å². The second-order valence-electron chi connectivity index (χ2n) is 4.86. The first kappa shape index (κ1) is 16.6. The third-order valence-electron chi connectivity index (χ3n) is 3.06. The summed E-state index contributed by atoms with van der Waals surface area (Å²) in [7, 11) is 1.98. The van der Waals surface area contributed by atoms with E-state index < -0.39 is 0 Å². The number of nitrogens with one attached hydrogen (secondary N) is 2. The van der Waals surface area contributed by atoms with Crippen LogP contribution in [0.2, 0.25) is 10.0 Å². The molecule has 2 rings (SSSR count). The molecule has 0 radical (unpaired) electrons. The molecular formula is C15H19Cl2N5. The van der Waals surface area contributed by atoms with Crippen molar-refractivity contribution < 1.29 is 0 Å². The maximum Gasteiger partial charge on any atom is 0.194 e. The Kier molecular flexibility index (Phi) is 6.10. The number of H-pyrrole nitrogens is 1. The summed E-state index contributed by atoms with van der Waals surface area (Å²) in [6, 6.07) is 7.55. The lowest BCUT2D eigenvalue weighted by Crippen LogP contribution is -2.38. The maximum atomic E-state index is 6.06. The predicted molar refractivity (Wildman–Crippen MR) is 91.3 cm³/mol. The number of halogens is 2. The van der Waals surface area contributed by atoms with Crippen molar-refractivity contribution in [3.05, 3.63) is 51.8 Å². The van der Waals surface area contributed by atoms with E-state index in [1.54, 1.807) is 6.20 Å². The summed E-state index contributed by atoms with van der Waals surface area (Å²) in [5.74, 6) is 0.822. The Morgan fingerprint density at radius 1 is 1.32 bits per heavy atom. The number of rotatable bonds is 5. The Labute approximate surface area is 140 Å². The average molecular weight is 340 g/mol. The minimum atomic E-state index is 0.550. The molecule has 0 fully saturated rings. The van der Waals surface area contributed by atoms with Crippen LogP contribution in [0.15, 0.2) is 35.5 Å². The van der Waals surface area contributed by atoms with Gasteiger partial charge in [-0.3, -0.25) is 5.10 Å². The highest BCUT2D eigenvalue weighted by Gasteiger charge is 2.08. The predicted octanol–water partition coefficient (Wildman–Crippen LogP) is 3.31. The Morgan fingerprint density at radius 2 is 2.14 bits per heavy atom. The highest BCUT2D eigenvalue weighted by atomic mass is 35.5. The highest BCUT2D eigenvalue weighted by molar-refractivity contribution is 6.42. The zero-order valence-corrected chi connectivity index (χ0v) is 14.1. The van der Waals surface area contributed by atoms with E-state index in [0.717, 1.165) is 23.8 Å². The van der Waals surface area contributed by atoms with Gasteiger partial charge in [0.2, 0.25) is 0 Å². The monoisotopic (exact) mass is 339 g/mol. The van der Waals surface area contributed by atoms with Gasteiger partial charge in [0.25, 0.3) is 0 Å². The molecule has 7 heteroatoms. The zero-order chi connectivity index (χ0) is 15.9. The lowest BCUT2D eigenvalue weighted by molar-refractivity contribution is 0.476. The Hall–Kier alpha value is -1.72. The van der Waals surface area contributed by atoms with E-state index in [4.69, 9.17) is 23.2 Å². The van der Waals surface area contributed by atoms with Gasteiger partial charge in [-0.15, -0.1) is 0 Å². The molecule has 0 aliphatic carbocycles. The minimum absolute atomic E-state index is 0.550. The van der Waals surface area contributed by atoms with Gasteiger partial charge >= 0.3 is 0 Å². The number of benzene rings is 1. The molecule has 0 aliphatic rings. The van der Waals surface area contributed by atoms with Crippen molar-refractivity contribution in [2.75, 3.05) is 13.6 Å². The number of aliphatic imine (C=N–C) groups is 1. The summed E-state index contributed by atoms with van der Waals surface area (Å²) in [6.45, 7) is 4.08. The lowest BCUT2D eigenvalue weighted by Gasteiger charge is -2.22. The van der Waals surface area contributed by atoms with E-state index in [2.05, 4.69) is 20.5 Å². The third-order valence-corrected chi connectivity index (χ3v) is 3.80. The molecule has 1 heterocycles. The van der Waals surface area contributed by atoms with Crippen molar-refractivity contribution >= 4 is 29.2 Å². The number of nitrogens with zero attached hydrogens (tertiary/aromatic N) is 3. The van der Waals surface area contributed by atoms with Crippen molar-refractivity contribution in [3.63, 3.8) is 0 Å². The van der Waals surface area contributed by atoms with Gasteiger partial charge in [-0.25, -0.2) is 4.99 Å². The Balaban J connectivity index is 2.06. The van der Waals surface area contributed by atoms with Crippen LogP contribution in [-0.4, -0.2) is 34.6 Å². The van der Waals surface area contributed by atoms with Crippen molar-refractivity contribution in [2.24, 2.45) is 4.99 Å². The molecule has 118 valence electrons. The van der Waals surface area contributed by atoms with Crippen LogP contribution in [0.4, 0.5) is 0 Å². The quantitative estimate of drug-likeness (QED) is 0.649. The molecular weight excluding hydrogens is 321 g/mol. The molecule has 0 spiro atoms. The molecule has 0 aliphatic heterocycles. The van der Waals surface area contributed by atoms with E-state index in [1.165, 1.54) is 0 Å². The number of aromatic nitrogens is 2. The first-order valence-corrected chi connectivity index (χ1v) is 7.77. The van der Waals surface area contributed by atoms with Crippen LogP contribution < -0.4 is 5.32 Å². The van der Waals surface area contributed by atoms with E-state index in [1.807, 2.05) is 43.1 Å². The summed E-state index contributed by atoms with van der Waals surface area (Å²) in [4.78, 5) is 6.63. The molecule has 2 N–H and O–H groups in total. The Morgan fingerprint density at radius 3 is 2.77 bits per heavy atom. The van der Waals surface area contributed by atoms with E-state index in [0.29, 0.717) is 23.1 Å². The molecule has 1 aromatic heterocycles. The molecule has 0 saturated carbocycles. The largest absolute Gasteiger partial charge is 0.357 e. The molecule has 0 bridgehead atoms. The molecule has 0 atom stereocenters. The molecule has 5 nitrogen and oxygen atoms in total. The summed E-state index contributed by atoms with van der Waals surface area (Å²) in [6.07, 6.45) is 1.72. The summed E-state index contributed by atoms with van der Waals surface area (Å²) in [5.41, 5.74) is 2.04. The van der Waals surface area contributed by atoms with Crippen molar-refractivity contribution in [1.82, 2.24) is 20.4 Å². The van der Waals surface area contributed by atoms with Crippen LogP contribution in [0.3, 0.4) is 0 Å². The second kappa shape index (κ2) is 8.06. The fourth-order valence-corrected chi connectivity index (χ4v) is 2.31. The van der Waals surface area contributed by atoms with Crippen molar-refractivity contribution in [1.29, 1.82) is 0 Å². The topological polar surface area (TPSA) is 56.3 Å². The standard InChI is InChI=1S/C15H19Cl2N5/c1-3-18-15(19-9-12-6-7-20-21-12)22(2)10-11-4-5-13(16)14(17)8-11/h4-8H,3,9-10H2,1-2H3,(H,18,19)(H,20,21). The second-order valence-corrected chi connectivity index (χ2v) is 5.67. The smallest absolute Gasteiger partial charge is 0.194 e. The fraction of sp³-hybridized carbons (Fsp3) is 0.333. The maximum absolute atomic E-state index is 6.06. The van der Waals surface area contributed by atoms with Gasteiger partial charge in [0.1, 0.15) is 0 Å². The number of hydrogen-bond acceptors (Lipinski definition) is 2.